The van der Waals surface area contributed by atoms with Gasteiger partial charge in [-0.2, -0.15) is 0 Å². The molecule has 0 saturated heterocycles. The molecule has 292 valence electrons. The molecule has 0 aliphatic rings. The summed E-state index contributed by atoms with van der Waals surface area (Å²) in [6, 6.07) is 13.9. The number of amides is 4. The summed E-state index contributed by atoms with van der Waals surface area (Å²) in [5.74, 6) is -0.175. The first-order valence-electron chi connectivity index (χ1n) is 19.3. The van der Waals surface area contributed by atoms with E-state index in [0.29, 0.717) is 37.3 Å². The highest BCUT2D eigenvalue weighted by atomic mass is 16.2. The second-order valence-electron chi connectivity index (χ2n) is 15.7. The molecule has 0 radical (unpaired) electrons. The molecule has 3 rings (SSSR count). The van der Waals surface area contributed by atoms with Crippen LogP contribution in [0.15, 0.2) is 62.9 Å². The summed E-state index contributed by atoms with van der Waals surface area (Å²) in [4.78, 5) is 66.9. The number of hydrogen-bond donors (Lipinski definition) is 4. The van der Waals surface area contributed by atoms with Crippen molar-refractivity contribution in [2.45, 2.75) is 131 Å². The standard InChI is InChI=1S/C41H63N7O5/c1-10-12-14-32-16-20-34(21-17-32)44-36(49)42-26-28(3)24-30(5)46-38(51)47(40(53)48(39(46)52)41(7,8)9)31(6)25-29(4)27-43-37(50)45-35-22-18-33(19-23-35)15-13-11-2/h16-23,28-31H,10-15,24-27H2,1-9H3,(H2,42,44,49)(H2,43,45,50)/t28-,29-,30+,31+/m0/s1. The highest BCUT2D eigenvalue weighted by Gasteiger charge is 2.29. The molecule has 0 fully saturated rings. The largest absolute Gasteiger partial charge is 0.338 e. The van der Waals surface area contributed by atoms with Crippen LogP contribution in [0.1, 0.15) is 124 Å². The summed E-state index contributed by atoms with van der Waals surface area (Å²) in [6.45, 7) is 17.7. The SMILES string of the molecule is CCCCc1ccc(NC(=O)NC[C@@H](C)C[C@@H](C)n2c(=O)n([C@H](C)C[C@H](C)CNC(=O)Nc3ccc(CCCC)cc3)c(=O)n(C(C)(C)C)c2=O)cc1. The normalized spacial score (nSPS) is 13.8. The Bertz CT molecular complexity index is 1680. The Morgan fingerprint density at radius 1 is 0.604 bits per heavy atom. The Hall–Kier alpha value is -4.61. The summed E-state index contributed by atoms with van der Waals surface area (Å²) in [6.07, 6.45) is 7.32. The summed E-state index contributed by atoms with van der Waals surface area (Å²) >= 11 is 0. The van der Waals surface area contributed by atoms with E-state index in [0.717, 1.165) is 43.1 Å². The Morgan fingerprint density at radius 3 is 1.28 bits per heavy atom. The molecule has 4 N–H and O–H groups in total. The number of hydrogen-bond acceptors (Lipinski definition) is 5. The number of nitrogens with one attached hydrogen (secondary N) is 4. The van der Waals surface area contributed by atoms with Crippen LogP contribution in [0.3, 0.4) is 0 Å². The molecule has 2 aromatic carbocycles. The van der Waals surface area contributed by atoms with Crippen LogP contribution < -0.4 is 38.3 Å². The smallest absolute Gasteiger partial charge is 0.337 e. The Labute approximate surface area is 314 Å². The van der Waals surface area contributed by atoms with Crippen molar-refractivity contribution in [2.75, 3.05) is 23.7 Å². The molecule has 53 heavy (non-hydrogen) atoms. The Morgan fingerprint density at radius 2 is 0.962 bits per heavy atom. The van der Waals surface area contributed by atoms with E-state index < -0.39 is 34.7 Å². The lowest BCUT2D eigenvalue weighted by molar-refractivity contribution is 0.246. The van der Waals surface area contributed by atoms with Gasteiger partial charge in [0.25, 0.3) is 0 Å². The van der Waals surface area contributed by atoms with Gasteiger partial charge in [-0.05, 0) is 120 Å². The number of unbranched alkanes of at least 4 members (excludes halogenated alkanes) is 2. The zero-order valence-electron chi connectivity index (χ0n) is 33.4. The molecule has 0 bridgehead atoms. The summed E-state index contributed by atoms with van der Waals surface area (Å²) < 4.78 is 3.49. The van der Waals surface area contributed by atoms with Gasteiger partial charge in [-0.3, -0.25) is 0 Å². The van der Waals surface area contributed by atoms with Crippen molar-refractivity contribution in [2.24, 2.45) is 11.8 Å². The third-order valence-electron chi connectivity index (χ3n) is 9.53. The van der Waals surface area contributed by atoms with Crippen LogP contribution in [0.25, 0.3) is 0 Å². The van der Waals surface area contributed by atoms with Crippen LogP contribution in [0.5, 0.6) is 0 Å². The van der Waals surface area contributed by atoms with Crippen LogP contribution in [0.2, 0.25) is 0 Å². The van der Waals surface area contributed by atoms with Crippen LogP contribution in [-0.2, 0) is 18.4 Å². The molecule has 0 aliphatic carbocycles. The van der Waals surface area contributed by atoms with Crippen molar-refractivity contribution < 1.29 is 9.59 Å². The first-order chi connectivity index (χ1) is 25.0. The van der Waals surface area contributed by atoms with Gasteiger partial charge in [-0.25, -0.2) is 37.7 Å². The number of benzene rings is 2. The topological polar surface area (TPSA) is 148 Å². The number of rotatable bonds is 18. The van der Waals surface area contributed by atoms with Crippen LogP contribution in [-0.4, -0.2) is 38.9 Å². The lowest BCUT2D eigenvalue weighted by Gasteiger charge is -2.28. The van der Waals surface area contributed by atoms with E-state index in [9.17, 15) is 24.0 Å². The number of carbonyl (C=O) groups excluding carboxylic acids is 2. The molecular weight excluding hydrogens is 670 g/mol. The van der Waals surface area contributed by atoms with Gasteiger partial charge in [0.1, 0.15) is 0 Å². The van der Waals surface area contributed by atoms with Gasteiger partial charge in [0.05, 0.1) is 0 Å². The highest BCUT2D eigenvalue weighted by molar-refractivity contribution is 5.89. The fraction of sp³-hybridized carbons (Fsp3) is 0.585. The van der Waals surface area contributed by atoms with Crippen LogP contribution in [0.4, 0.5) is 21.0 Å². The van der Waals surface area contributed by atoms with Gasteiger partial charge < -0.3 is 21.3 Å². The third-order valence-corrected chi connectivity index (χ3v) is 9.53. The summed E-state index contributed by atoms with van der Waals surface area (Å²) in [5, 5.41) is 11.5. The van der Waals surface area contributed by atoms with E-state index in [1.54, 1.807) is 34.6 Å². The first kappa shape index (κ1) is 42.8. The fourth-order valence-electron chi connectivity index (χ4n) is 6.60. The van der Waals surface area contributed by atoms with Crippen LogP contribution >= 0.6 is 0 Å². The molecule has 0 spiro atoms. The van der Waals surface area contributed by atoms with Gasteiger partial charge in [0, 0.05) is 42.1 Å². The molecule has 12 nitrogen and oxygen atoms in total. The lowest BCUT2D eigenvalue weighted by atomic mass is 10.0. The van der Waals surface area contributed by atoms with Crippen molar-refractivity contribution in [1.82, 2.24) is 24.3 Å². The maximum absolute atomic E-state index is 14.0. The first-order valence-corrected chi connectivity index (χ1v) is 19.3. The zero-order chi connectivity index (χ0) is 39.3. The predicted octanol–water partition coefficient (Wildman–Crippen LogP) is 7.43. The van der Waals surface area contributed by atoms with Gasteiger partial charge in [-0.15, -0.1) is 0 Å². The molecule has 3 aromatic rings. The van der Waals surface area contributed by atoms with Crippen molar-refractivity contribution >= 4 is 23.4 Å². The second-order valence-corrected chi connectivity index (χ2v) is 15.7. The molecule has 1 aromatic heterocycles. The van der Waals surface area contributed by atoms with E-state index in [1.165, 1.54) is 20.3 Å². The monoisotopic (exact) mass is 733 g/mol. The lowest BCUT2D eigenvalue weighted by Crippen LogP contribution is -2.59. The molecule has 12 heteroatoms. The van der Waals surface area contributed by atoms with Gasteiger partial charge in [0.2, 0.25) is 0 Å². The number of carbonyl (C=O) groups is 2. The minimum Gasteiger partial charge on any atom is -0.338 e. The molecule has 4 atom stereocenters. The fourth-order valence-corrected chi connectivity index (χ4v) is 6.60. The van der Waals surface area contributed by atoms with E-state index in [1.807, 2.05) is 62.4 Å². The van der Waals surface area contributed by atoms with Crippen molar-refractivity contribution in [3.05, 3.63) is 91.1 Å². The van der Waals surface area contributed by atoms with Crippen LogP contribution in [0, 0.1) is 11.8 Å². The van der Waals surface area contributed by atoms with E-state index in [-0.39, 0.29) is 23.9 Å². The molecule has 0 saturated carbocycles. The number of urea groups is 2. The second kappa shape index (κ2) is 20.0. The molecule has 0 aliphatic heterocycles. The molecule has 4 amide bonds. The van der Waals surface area contributed by atoms with Crippen molar-refractivity contribution in [3.8, 4) is 0 Å². The molecular formula is C41H63N7O5. The Balaban J connectivity index is 1.66. The van der Waals surface area contributed by atoms with Gasteiger partial charge in [-0.1, -0.05) is 64.8 Å². The maximum Gasteiger partial charge on any atom is 0.337 e. The molecule has 1 heterocycles. The highest BCUT2D eigenvalue weighted by Crippen LogP contribution is 2.18. The predicted molar refractivity (Wildman–Crippen MR) is 215 cm³/mol. The minimum atomic E-state index is -0.885. The number of nitrogens with zero attached hydrogens (tertiary/aromatic N) is 3. The van der Waals surface area contributed by atoms with E-state index in [4.69, 9.17) is 0 Å². The zero-order valence-corrected chi connectivity index (χ0v) is 33.4. The average Bonchev–Trinajstić information content (AvgIpc) is 3.08. The third kappa shape index (κ3) is 12.8. The van der Waals surface area contributed by atoms with Gasteiger partial charge >= 0.3 is 29.1 Å². The number of aryl methyl sites for hydroxylation is 2. The van der Waals surface area contributed by atoms with E-state index in [2.05, 4.69) is 35.1 Å². The quantitative estimate of drug-likeness (QED) is 0.107. The minimum absolute atomic E-state index is 0.0874. The average molecular weight is 734 g/mol. The summed E-state index contributed by atoms with van der Waals surface area (Å²) in [5.41, 5.74) is 0.991. The Kier molecular flexibility index (Phi) is 16.2. The number of anilines is 2. The van der Waals surface area contributed by atoms with Crippen molar-refractivity contribution in [3.63, 3.8) is 0 Å². The van der Waals surface area contributed by atoms with E-state index >= 15 is 0 Å². The van der Waals surface area contributed by atoms with Gasteiger partial charge in [0.15, 0.2) is 0 Å². The number of aromatic nitrogens is 3. The molecule has 0 unspecified atom stereocenters. The summed E-state index contributed by atoms with van der Waals surface area (Å²) in [7, 11) is 0. The van der Waals surface area contributed by atoms with Crippen molar-refractivity contribution in [1.29, 1.82) is 0 Å². The maximum atomic E-state index is 14.0.